The lowest BCUT2D eigenvalue weighted by atomic mass is 9.92. The molecule has 25 heavy (non-hydrogen) atoms. The number of anilines is 1. The van der Waals surface area contributed by atoms with E-state index in [1.807, 2.05) is 0 Å². The number of alkyl halides is 1. The van der Waals surface area contributed by atoms with Crippen molar-refractivity contribution in [3.63, 3.8) is 0 Å². The van der Waals surface area contributed by atoms with E-state index in [0.29, 0.717) is 11.3 Å². The number of amides is 1. The number of carbonyl (C=O) groups is 1. The zero-order chi connectivity index (χ0) is 17.9. The lowest BCUT2D eigenvalue weighted by Gasteiger charge is -2.31. The van der Waals surface area contributed by atoms with Gasteiger partial charge in [0.1, 0.15) is 36.2 Å². The molecule has 3 N–H and O–H groups in total. The third-order valence-corrected chi connectivity index (χ3v) is 3.93. The molecule has 0 saturated heterocycles. The molecule has 0 aromatic carbocycles. The Kier molecular flexibility index (Phi) is 4.71. The first kappa shape index (κ1) is 17.0. The summed E-state index contributed by atoms with van der Waals surface area (Å²) in [5.41, 5.74) is 6.06. The summed E-state index contributed by atoms with van der Waals surface area (Å²) in [6, 6.07) is 6.75. The van der Waals surface area contributed by atoms with E-state index in [9.17, 15) is 9.18 Å². The Hall–Kier alpha value is -2.87. The molecule has 0 bridgehead atoms. The van der Waals surface area contributed by atoms with Crippen LogP contribution in [0.1, 0.15) is 21.6 Å². The molecule has 0 saturated carbocycles. The van der Waals surface area contributed by atoms with Crippen LogP contribution in [0.25, 0.3) is 0 Å². The van der Waals surface area contributed by atoms with Crippen molar-refractivity contribution in [2.24, 2.45) is 10.7 Å². The number of ether oxygens (including phenoxy) is 1. The minimum Gasteiger partial charge on any atom is -0.385 e. The minimum absolute atomic E-state index is 0.0704. The maximum Gasteiger partial charge on any atom is 0.275 e. The fourth-order valence-electron chi connectivity index (χ4n) is 2.64. The predicted molar refractivity (Wildman–Crippen MR) is 91.3 cm³/mol. The molecule has 1 aliphatic heterocycles. The van der Waals surface area contributed by atoms with Crippen molar-refractivity contribution in [3.05, 3.63) is 53.5 Å². The van der Waals surface area contributed by atoms with Crippen molar-refractivity contribution in [3.8, 4) is 0 Å². The predicted octanol–water partition coefficient (Wildman–Crippen LogP) is 1.59. The zero-order valence-electron chi connectivity index (χ0n) is 13.7. The Balaban J connectivity index is 1.88. The van der Waals surface area contributed by atoms with Crippen molar-refractivity contribution in [1.82, 2.24) is 9.97 Å². The molecule has 7 nitrogen and oxygen atoms in total. The van der Waals surface area contributed by atoms with Crippen LogP contribution in [0, 0.1) is 6.92 Å². The molecule has 2 aromatic rings. The first-order chi connectivity index (χ1) is 12.0. The molecule has 3 heterocycles. The van der Waals surface area contributed by atoms with E-state index in [1.165, 1.54) is 6.20 Å². The van der Waals surface area contributed by atoms with Gasteiger partial charge in [0.2, 0.25) is 0 Å². The van der Waals surface area contributed by atoms with Crippen LogP contribution in [0.4, 0.5) is 10.2 Å². The van der Waals surface area contributed by atoms with E-state index in [-0.39, 0.29) is 30.8 Å². The zero-order valence-corrected chi connectivity index (χ0v) is 13.7. The lowest BCUT2D eigenvalue weighted by molar-refractivity contribution is 0.0827. The van der Waals surface area contributed by atoms with Gasteiger partial charge in [-0.1, -0.05) is 6.07 Å². The molecular formula is C17H18FN5O2. The van der Waals surface area contributed by atoms with Crippen LogP contribution < -0.4 is 11.1 Å². The summed E-state index contributed by atoms with van der Waals surface area (Å²) in [6.07, 6.45) is 3.02. The number of nitrogens with two attached hydrogens (primary N) is 1. The first-order valence-electron chi connectivity index (χ1n) is 7.71. The molecule has 1 aliphatic rings. The number of carbonyl (C=O) groups excluding carboxylic acids is 1. The van der Waals surface area contributed by atoms with Crippen LogP contribution >= 0.6 is 0 Å². The minimum atomic E-state index is -1.22. The standard InChI is InChI=1S/C17H18FN5O2/c1-11-3-2-5-21-15(11)16(24)22-14-7-12(4-6-20-14)17(9-18)10-25-8-13(19)23-17/h2-7H,8-10H2,1H3,(H2,19,23)(H,20,22,24). The number of hydrogen-bond donors (Lipinski definition) is 2. The van der Waals surface area contributed by atoms with Gasteiger partial charge in [0.25, 0.3) is 5.91 Å². The molecule has 1 amide bonds. The van der Waals surface area contributed by atoms with Crippen molar-refractivity contribution >= 4 is 17.6 Å². The van der Waals surface area contributed by atoms with E-state index in [0.717, 1.165) is 5.56 Å². The molecule has 0 fully saturated rings. The van der Waals surface area contributed by atoms with Crippen molar-refractivity contribution in [1.29, 1.82) is 0 Å². The third-order valence-electron chi connectivity index (χ3n) is 3.93. The topological polar surface area (TPSA) is 102 Å². The highest BCUT2D eigenvalue weighted by atomic mass is 19.1. The van der Waals surface area contributed by atoms with E-state index < -0.39 is 12.2 Å². The smallest absolute Gasteiger partial charge is 0.275 e. The number of hydrogen-bond acceptors (Lipinski definition) is 6. The van der Waals surface area contributed by atoms with E-state index in [1.54, 1.807) is 37.4 Å². The van der Waals surface area contributed by atoms with Crippen LogP contribution in [0.15, 0.2) is 41.7 Å². The van der Waals surface area contributed by atoms with Gasteiger partial charge in [-0.15, -0.1) is 0 Å². The van der Waals surface area contributed by atoms with Gasteiger partial charge >= 0.3 is 0 Å². The van der Waals surface area contributed by atoms with Crippen LogP contribution in [0.3, 0.4) is 0 Å². The molecule has 8 heteroatoms. The van der Waals surface area contributed by atoms with Gasteiger partial charge in [-0.2, -0.15) is 0 Å². The number of aromatic nitrogens is 2. The number of aryl methyl sites for hydroxylation is 1. The van der Waals surface area contributed by atoms with Gasteiger partial charge in [-0.05, 0) is 36.2 Å². The second-order valence-corrected chi connectivity index (χ2v) is 5.81. The van der Waals surface area contributed by atoms with E-state index in [4.69, 9.17) is 10.5 Å². The number of nitrogens with one attached hydrogen (secondary N) is 1. The fourth-order valence-corrected chi connectivity index (χ4v) is 2.64. The van der Waals surface area contributed by atoms with Crippen molar-refractivity contribution < 1.29 is 13.9 Å². The van der Waals surface area contributed by atoms with Gasteiger partial charge in [-0.25, -0.2) is 9.37 Å². The van der Waals surface area contributed by atoms with Gasteiger partial charge in [-0.3, -0.25) is 14.8 Å². The Morgan fingerprint density at radius 2 is 2.24 bits per heavy atom. The molecule has 130 valence electrons. The summed E-state index contributed by atoms with van der Waals surface area (Å²) in [5.74, 6) is 0.120. The van der Waals surface area contributed by atoms with Gasteiger partial charge < -0.3 is 15.8 Å². The normalized spacial score (nSPS) is 20.0. The average Bonchev–Trinajstić information content (AvgIpc) is 2.62. The number of halogens is 1. The fraction of sp³-hybridized carbons (Fsp3) is 0.294. The molecule has 0 spiro atoms. The molecule has 1 atom stereocenters. The Bertz CT molecular complexity index is 826. The average molecular weight is 343 g/mol. The molecule has 0 radical (unpaired) electrons. The quantitative estimate of drug-likeness (QED) is 0.877. The molecular weight excluding hydrogens is 325 g/mol. The van der Waals surface area contributed by atoms with Gasteiger partial charge in [0.05, 0.1) is 6.61 Å². The Morgan fingerprint density at radius 3 is 2.96 bits per heavy atom. The number of amidine groups is 1. The van der Waals surface area contributed by atoms with Gasteiger partial charge in [0, 0.05) is 12.4 Å². The summed E-state index contributed by atoms with van der Waals surface area (Å²) >= 11 is 0. The molecule has 0 aliphatic carbocycles. The van der Waals surface area contributed by atoms with Crippen LogP contribution in [-0.4, -0.2) is 41.6 Å². The third kappa shape index (κ3) is 3.48. The number of rotatable bonds is 4. The maximum atomic E-state index is 13.7. The summed E-state index contributed by atoms with van der Waals surface area (Å²) in [4.78, 5) is 24.8. The van der Waals surface area contributed by atoms with Crippen molar-refractivity contribution in [2.45, 2.75) is 12.5 Å². The summed E-state index contributed by atoms with van der Waals surface area (Å²) in [7, 11) is 0. The highest BCUT2D eigenvalue weighted by molar-refractivity contribution is 6.03. The number of pyridine rings is 2. The number of aliphatic imine (C=N–C) groups is 1. The summed E-state index contributed by atoms with van der Waals surface area (Å²) in [5, 5.41) is 2.68. The van der Waals surface area contributed by atoms with E-state index >= 15 is 0 Å². The Labute approximate surface area is 144 Å². The van der Waals surface area contributed by atoms with Crippen LogP contribution in [-0.2, 0) is 10.3 Å². The highest BCUT2D eigenvalue weighted by Gasteiger charge is 2.36. The lowest BCUT2D eigenvalue weighted by Crippen LogP contribution is -2.41. The van der Waals surface area contributed by atoms with E-state index in [2.05, 4.69) is 20.3 Å². The Morgan fingerprint density at radius 1 is 1.40 bits per heavy atom. The largest absolute Gasteiger partial charge is 0.385 e. The second-order valence-electron chi connectivity index (χ2n) is 5.81. The number of nitrogens with zero attached hydrogens (tertiary/aromatic N) is 3. The maximum absolute atomic E-state index is 13.7. The SMILES string of the molecule is Cc1cccnc1C(=O)Nc1cc(C2(CF)COCC(N)=N2)ccn1. The van der Waals surface area contributed by atoms with Crippen LogP contribution in [0.5, 0.6) is 0 Å². The highest BCUT2D eigenvalue weighted by Crippen LogP contribution is 2.30. The summed E-state index contributed by atoms with van der Waals surface area (Å²) < 4.78 is 19.1. The van der Waals surface area contributed by atoms with Gasteiger partial charge in [0.15, 0.2) is 0 Å². The first-order valence-corrected chi connectivity index (χ1v) is 7.71. The van der Waals surface area contributed by atoms with Crippen molar-refractivity contribution in [2.75, 3.05) is 25.2 Å². The molecule has 1 unspecified atom stereocenters. The second kappa shape index (κ2) is 6.94. The van der Waals surface area contributed by atoms with Crippen LogP contribution in [0.2, 0.25) is 0 Å². The molecule has 2 aromatic heterocycles. The summed E-state index contributed by atoms with van der Waals surface area (Å²) in [6.45, 7) is 1.27. The monoisotopic (exact) mass is 343 g/mol. The molecule has 3 rings (SSSR count).